The average Bonchev–Trinajstić information content (AvgIpc) is 3.03. The van der Waals surface area contributed by atoms with Crippen molar-refractivity contribution in [2.45, 2.75) is 50.9 Å². The first-order valence-electron chi connectivity index (χ1n) is 7.55. The Labute approximate surface area is 138 Å². The van der Waals surface area contributed by atoms with Crippen LogP contribution in [0.3, 0.4) is 0 Å². The van der Waals surface area contributed by atoms with Crippen LogP contribution in [-0.2, 0) is 4.74 Å². The number of rotatable bonds is 4. The van der Waals surface area contributed by atoms with E-state index < -0.39 is 5.97 Å². The zero-order valence-corrected chi connectivity index (χ0v) is 13.8. The number of carboxylic acids is 1. The summed E-state index contributed by atoms with van der Waals surface area (Å²) in [6, 6.07) is 1.67. The third-order valence-electron chi connectivity index (χ3n) is 4.22. The lowest BCUT2D eigenvalue weighted by atomic mass is 9.98. The van der Waals surface area contributed by atoms with Crippen LogP contribution < -0.4 is 4.90 Å². The Hall–Kier alpha value is -1.11. The Morgan fingerprint density at radius 3 is 2.82 bits per heavy atom. The largest absolute Gasteiger partial charge is 0.477 e. The number of nitrogens with zero attached hydrogens (tertiary/aromatic N) is 1. The predicted octanol–water partition coefficient (Wildman–Crippen LogP) is 4.00. The van der Waals surface area contributed by atoms with E-state index >= 15 is 0 Å². The molecule has 1 saturated heterocycles. The molecular weight excluding hydrogens is 324 g/mol. The number of carboxylic acid groups (broad SMARTS) is 1. The van der Waals surface area contributed by atoms with Gasteiger partial charge in [0.2, 0.25) is 0 Å². The van der Waals surface area contributed by atoms with Gasteiger partial charge in [0.15, 0.2) is 0 Å². The smallest absolute Gasteiger partial charge is 0.348 e. The molecule has 3 rings (SSSR count). The van der Waals surface area contributed by atoms with Crippen molar-refractivity contribution in [3.05, 3.63) is 15.3 Å². The maximum absolute atomic E-state index is 11.4. The van der Waals surface area contributed by atoms with Crippen molar-refractivity contribution >= 4 is 40.3 Å². The molecule has 0 spiro atoms. The summed E-state index contributed by atoms with van der Waals surface area (Å²) in [5.74, 6) is -0.984. The fraction of sp³-hybridized carbons (Fsp3) is 0.600. The average molecular weight is 343 g/mol. The van der Waals surface area contributed by atoms with Gasteiger partial charge in [-0.1, -0.05) is 30.9 Å². The summed E-state index contributed by atoms with van der Waals surface area (Å²) in [5.41, 5.74) is 1.14. The van der Waals surface area contributed by atoms with E-state index in [-0.39, 0.29) is 17.2 Å². The van der Waals surface area contributed by atoms with Crippen LogP contribution in [-0.4, -0.2) is 35.7 Å². The molecule has 1 aliphatic carbocycles. The van der Waals surface area contributed by atoms with E-state index in [9.17, 15) is 9.90 Å². The minimum absolute atomic E-state index is 0.217. The van der Waals surface area contributed by atoms with Crippen LogP contribution in [0.5, 0.6) is 0 Å². The second-order valence-electron chi connectivity index (χ2n) is 5.86. The highest BCUT2D eigenvalue weighted by atomic mass is 35.5. The quantitative estimate of drug-likeness (QED) is 0.867. The number of thiophene rings is 1. The number of anilines is 1. The summed E-state index contributed by atoms with van der Waals surface area (Å²) in [6.45, 7) is 0.407. The zero-order chi connectivity index (χ0) is 15.7. The molecule has 0 radical (unpaired) electrons. The van der Waals surface area contributed by atoms with Crippen LogP contribution in [0.1, 0.15) is 48.2 Å². The van der Waals surface area contributed by atoms with Crippen molar-refractivity contribution in [3.8, 4) is 0 Å². The molecule has 2 aliphatic rings. The van der Waals surface area contributed by atoms with Crippen molar-refractivity contribution in [2.24, 2.45) is 0 Å². The predicted molar refractivity (Wildman–Crippen MR) is 87.7 cm³/mol. The minimum Gasteiger partial charge on any atom is -0.477 e. The highest BCUT2D eigenvalue weighted by Gasteiger charge is 2.34. The molecule has 1 aliphatic heterocycles. The summed E-state index contributed by atoms with van der Waals surface area (Å²) in [6.07, 6.45) is 6.21. The van der Waals surface area contributed by atoms with Crippen LogP contribution in [0, 0.1) is 5.41 Å². The summed E-state index contributed by atoms with van der Waals surface area (Å²) in [7, 11) is 0. The number of carbonyl (C=O) groups is 1. The van der Waals surface area contributed by atoms with Crippen molar-refractivity contribution in [1.29, 1.82) is 5.41 Å². The number of hydrogen-bond donors (Lipinski definition) is 2. The van der Waals surface area contributed by atoms with Crippen LogP contribution in [0.4, 0.5) is 5.69 Å². The lowest BCUT2D eigenvalue weighted by Gasteiger charge is -2.31. The number of nitrogens with one attached hydrogen (secondary N) is 1. The Kier molecular flexibility index (Phi) is 4.70. The van der Waals surface area contributed by atoms with E-state index in [2.05, 4.69) is 0 Å². The van der Waals surface area contributed by atoms with Gasteiger partial charge in [0.1, 0.15) is 11.1 Å². The Balaban J connectivity index is 1.81. The Bertz CT molecular complexity index is 583. The van der Waals surface area contributed by atoms with Crippen molar-refractivity contribution in [2.75, 3.05) is 11.4 Å². The Morgan fingerprint density at radius 2 is 2.14 bits per heavy atom. The SMILES string of the molecule is N=C1CC(OC2CCCCC2)N(c2cc(Cl)sc2C(=O)O)C1. The highest BCUT2D eigenvalue weighted by molar-refractivity contribution is 7.18. The summed E-state index contributed by atoms with van der Waals surface area (Å²) < 4.78 is 6.63. The van der Waals surface area contributed by atoms with Gasteiger partial charge < -0.3 is 20.2 Å². The van der Waals surface area contributed by atoms with Gasteiger partial charge in [-0.05, 0) is 18.9 Å². The molecule has 1 unspecified atom stereocenters. The summed E-state index contributed by atoms with van der Waals surface area (Å²) >= 11 is 7.05. The number of halogens is 1. The van der Waals surface area contributed by atoms with E-state index in [1.165, 1.54) is 19.3 Å². The van der Waals surface area contributed by atoms with Crippen LogP contribution in [0.2, 0.25) is 4.34 Å². The molecule has 0 aromatic carbocycles. The lowest BCUT2D eigenvalue weighted by molar-refractivity contribution is -0.0216. The molecule has 0 amide bonds. The van der Waals surface area contributed by atoms with Crippen LogP contribution in [0.15, 0.2) is 6.07 Å². The molecule has 1 atom stereocenters. The van der Waals surface area contributed by atoms with Gasteiger partial charge in [-0.2, -0.15) is 0 Å². The molecule has 1 aromatic heterocycles. The van der Waals surface area contributed by atoms with Gasteiger partial charge in [-0.25, -0.2) is 4.79 Å². The van der Waals surface area contributed by atoms with Crippen molar-refractivity contribution in [3.63, 3.8) is 0 Å². The van der Waals surface area contributed by atoms with Gasteiger partial charge >= 0.3 is 5.97 Å². The number of aromatic carboxylic acids is 1. The third-order valence-corrected chi connectivity index (χ3v) is 5.46. The van der Waals surface area contributed by atoms with E-state index in [1.54, 1.807) is 6.07 Å². The molecule has 5 nitrogen and oxygen atoms in total. The molecule has 1 saturated carbocycles. The van der Waals surface area contributed by atoms with Gasteiger partial charge in [-0.3, -0.25) is 0 Å². The van der Waals surface area contributed by atoms with E-state index in [4.69, 9.17) is 21.7 Å². The highest BCUT2D eigenvalue weighted by Crippen LogP contribution is 2.37. The maximum atomic E-state index is 11.4. The van der Waals surface area contributed by atoms with E-state index in [0.717, 1.165) is 24.2 Å². The fourth-order valence-corrected chi connectivity index (χ4v) is 4.27. The summed E-state index contributed by atoms with van der Waals surface area (Å²) in [4.78, 5) is 13.5. The standard InChI is InChI=1S/C15H19ClN2O3S/c16-12-7-11(14(22-12)15(19)20)18-8-9(17)6-13(18)21-10-4-2-1-3-5-10/h7,10,13,17H,1-6,8H2,(H,19,20). The number of hydrogen-bond acceptors (Lipinski definition) is 5. The normalized spacial score (nSPS) is 23.2. The third kappa shape index (κ3) is 3.29. The maximum Gasteiger partial charge on any atom is 0.348 e. The molecule has 7 heteroatoms. The molecule has 2 N–H and O–H groups in total. The van der Waals surface area contributed by atoms with Gasteiger partial charge in [-0.15, -0.1) is 11.3 Å². The minimum atomic E-state index is -0.984. The topological polar surface area (TPSA) is 73.6 Å². The lowest BCUT2D eigenvalue weighted by Crippen LogP contribution is -2.36. The molecule has 1 aromatic rings. The monoisotopic (exact) mass is 342 g/mol. The molecule has 2 fully saturated rings. The first kappa shape index (κ1) is 15.8. The van der Waals surface area contributed by atoms with Crippen molar-refractivity contribution < 1.29 is 14.6 Å². The zero-order valence-electron chi connectivity index (χ0n) is 12.2. The van der Waals surface area contributed by atoms with Gasteiger partial charge in [0, 0.05) is 12.1 Å². The van der Waals surface area contributed by atoms with Gasteiger partial charge in [0.25, 0.3) is 0 Å². The second-order valence-corrected chi connectivity index (χ2v) is 7.54. The Morgan fingerprint density at radius 1 is 1.41 bits per heavy atom. The fourth-order valence-electron chi connectivity index (χ4n) is 3.20. The van der Waals surface area contributed by atoms with Crippen LogP contribution in [0.25, 0.3) is 0 Å². The molecule has 22 heavy (non-hydrogen) atoms. The first-order chi connectivity index (χ1) is 10.5. The number of ether oxygens (including phenoxy) is 1. The van der Waals surface area contributed by atoms with Gasteiger partial charge in [0.05, 0.1) is 22.7 Å². The molecular formula is C15H19ClN2O3S. The van der Waals surface area contributed by atoms with Crippen LogP contribution >= 0.6 is 22.9 Å². The molecule has 2 heterocycles. The molecule has 0 bridgehead atoms. The first-order valence-corrected chi connectivity index (χ1v) is 8.75. The summed E-state index contributed by atoms with van der Waals surface area (Å²) in [5, 5.41) is 17.3. The van der Waals surface area contributed by atoms with E-state index in [1.807, 2.05) is 4.90 Å². The molecule has 120 valence electrons. The van der Waals surface area contributed by atoms with E-state index in [0.29, 0.717) is 28.7 Å². The van der Waals surface area contributed by atoms with Crippen molar-refractivity contribution in [1.82, 2.24) is 0 Å². The second kappa shape index (κ2) is 6.56.